The molecule has 9 heteroatoms. The third-order valence-electron chi connectivity index (χ3n) is 4.16. The number of hydrogen-bond donors (Lipinski definition) is 1. The first-order valence-electron chi connectivity index (χ1n) is 9.51. The van der Waals surface area contributed by atoms with Gasteiger partial charge in [0.15, 0.2) is 11.5 Å². The SMILES string of the molecule is CCOc1cc(/C=C2\C(=O)NC(=O)N(c3cccc(Cl)c3)C2=O)cc(Br)c1OC(C)C. The molecule has 2 aromatic rings. The number of urea groups is 1. The summed E-state index contributed by atoms with van der Waals surface area (Å²) in [5.74, 6) is -0.560. The Hall–Kier alpha value is -2.84. The highest BCUT2D eigenvalue weighted by atomic mass is 79.9. The summed E-state index contributed by atoms with van der Waals surface area (Å²) in [7, 11) is 0. The Kier molecular flexibility index (Phi) is 7.02. The lowest BCUT2D eigenvalue weighted by molar-refractivity contribution is -0.122. The molecule has 0 unspecified atom stereocenters. The van der Waals surface area contributed by atoms with Gasteiger partial charge in [-0.3, -0.25) is 14.9 Å². The number of nitrogens with one attached hydrogen (secondary N) is 1. The Bertz CT molecular complexity index is 1080. The van der Waals surface area contributed by atoms with Gasteiger partial charge >= 0.3 is 6.03 Å². The molecule has 0 aliphatic carbocycles. The molecule has 1 heterocycles. The van der Waals surface area contributed by atoms with Gasteiger partial charge in [0.25, 0.3) is 11.8 Å². The average Bonchev–Trinajstić information content (AvgIpc) is 2.68. The number of imide groups is 2. The van der Waals surface area contributed by atoms with Crippen molar-refractivity contribution in [2.24, 2.45) is 0 Å². The quantitative estimate of drug-likeness (QED) is 0.441. The second kappa shape index (κ2) is 9.53. The molecule has 0 radical (unpaired) electrons. The molecular weight excluding hydrogens is 488 g/mol. The summed E-state index contributed by atoms with van der Waals surface area (Å²) in [6.45, 7) is 6.03. The molecule has 0 saturated carbocycles. The number of halogens is 2. The van der Waals surface area contributed by atoms with Crippen molar-refractivity contribution in [3.63, 3.8) is 0 Å². The number of carbonyl (C=O) groups is 3. The standard InChI is InChI=1S/C22H20BrClN2O5/c1-4-30-18-10-13(9-17(23)19(18)31-12(2)3)8-16-20(27)25-22(29)26(21(16)28)15-7-5-6-14(24)11-15/h5-12H,4H2,1-3H3,(H,25,27,29)/b16-8+. The molecule has 1 aliphatic heterocycles. The van der Waals surface area contributed by atoms with E-state index in [0.29, 0.717) is 33.2 Å². The molecule has 2 aromatic carbocycles. The van der Waals surface area contributed by atoms with Crippen molar-refractivity contribution in [2.75, 3.05) is 11.5 Å². The van der Waals surface area contributed by atoms with E-state index in [1.165, 1.54) is 12.1 Å². The minimum atomic E-state index is -0.841. The van der Waals surface area contributed by atoms with Gasteiger partial charge in [0, 0.05) is 5.02 Å². The van der Waals surface area contributed by atoms with Crippen LogP contribution < -0.4 is 19.7 Å². The number of barbiturate groups is 1. The first-order valence-corrected chi connectivity index (χ1v) is 10.7. The molecule has 0 aromatic heterocycles. The van der Waals surface area contributed by atoms with Crippen LogP contribution in [0.5, 0.6) is 11.5 Å². The van der Waals surface area contributed by atoms with Gasteiger partial charge in [0.1, 0.15) is 5.57 Å². The van der Waals surface area contributed by atoms with Gasteiger partial charge < -0.3 is 9.47 Å². The lowest BCUT2D eigenvalue weighted by Gasteiger charge is -2.26. The fourth-order valence-corrected chi connectivity index (χ4v) is 3.70. The third-order valence-corrected chi connectivity index (χ3v) is 4.99. The smallest absolute Gasteiger partial charge is 0.335 e. The van der Waals surface area contributed by atoms with E-state index in [1.54, 1.807) is 30.3 Å². The molecule has 3 rings (SSSR count). The van der Waals surface area contributed by atoms with E-state index in [4.69, 9.17) is 21.1 Å². The number of ether oxygens (including phenoxy) is 2. The molecule has 1 saturated heterocycles. The number of anilines is 1. The Morgan fingerprint density at radius 1 is 1.19 bits per heavy atom. The highest BCUT2D eigenvalue weighted by Crippen LogP contribution is 2.38. The minimum absolute atomic E-state index is 0.0809. The van der Waals surface area contributed by atoms with Gasteiger partial charge in [-0.25, -0.2) is 9.69 Å². The molecule has 0 spiro atoms. The van der Waals surface area contributed by atoms with E-state index in [0.717, 1.165) is 4.90 Å². The second-order valence-electron chi connectivity index (χ2n) is 6.87. The molecule has 7 nitrogen and oxygen atoms in total. The normalized spacial score (nSPS) is 15.5. The van der Waals surface area contributed by atoms with Gasteiger partial charge in [-0.15, -0.1) is 0 Å². The van der Waals surface area contributed by atoms with E-state index < -0.39 is 17.8 Å². The van der Waals surface area contributed by atoms with E-state index in [2.05, 4.69) is 21.2 Å². The predicted molar refractivity (Wildman–Crippen MR) is 122 cm³/mol. The summed E-state index contributed by atoms with van der Waals surface area (Å²) in [4.78, 5) is 38.7. The van der Waals surface area contributed by atoms with E-state index in [9.17, 15) is 14.4 Å². The van der Waals surface area contributed by atoms with Crippen LogP contribution in [-0.4, -0.2) is 30.6 Å². The van der Waals surface area contributed by atoms with Crippen molar-refractivity contribution in [1.29, 1.82) is 0 Å². The molecule has 1 fully saturated rings. The zero-order chi connectivity index (χ0) is 22.7. The van der Waals surface area contributed by atoms with Gasteiger partial charge in [-0.1, -0.05) is 17.7 Å². The highest BCUT2D eigenvalue weighted by Gasteiger charge is 2.37. The van der Waals surface area contributed by atoms with Crippen LogP contribution in [0.2, 0.25) is 5.02 Å². The minimum Gasteiger partial charge on any atom is -0.490 e. The van der Waals surface area contributed by atoms with Gasteiger partial charge in [-0.2, -0.15) is 0 Å². The van der Waals surface area contributed by atoms with Crippen LogP contribution in [0.3, 0.4) is 0 Å². The molecule has 0 bridgehead atoms. The lowest BCUT2D eigenvalue weighted by atomic mass is 10.1. The van der Waals surface area contributed by atoms with Crippen molar-refractivity contribution < 1.29 is 23.9 Å². The number of hydrogen-bond acceptors (Lipinski definition) is 5. The monoisotopic (exact) mass is 506 g/mol. The fraction of sp³-hybridized carbons (Fsp3) is 0.227. The van der Waals surface area contributed by atoms with Gasteiger partial charge in [-0.05, 0) is 78.7 Å². The van der Waals surface area contributed by atoms with Crippen LogP contribution in [0.15, 0.2) is 46.4 Å². The van der Waals surface area contributed by atoms with Crippen LogP contribution in [0.25, 0.3) is 6.08 Å². The zero-order valence-corrected chi connectivity index (χ0v) is 19.4. The highest BCUT2D eigenvalue weighted by molar-refractivity contribution is 9.10. The summed E-state index contributed by atoms with van der Waals surface area (Å²) >= 11 is 9.45. The summed E-state index contributed by atoms with van der Waals surface area (Å²) in [5.41, 5.74) is 0.571. The van der Waals surface area contributed by atoms with Crippen LogP contribution in [-0.2, 0) is 9.59 Å². The summed E-state index contributed by atoms with van der Waals surface area (Å²) in [6, 6.07) is 8.77. The van der Waals surface area contributed by atoms with Crippen molar-refractivity contribution in [3.05, 3.63) is 57.0 Å². The summed E-state index contributed by atoms with van der Waals surface area (Å²) in [5, 5.41) is 2.54. The van der Waals surface area contributed by atoms with Gasteiger partial charge in [0.2, 0.25) is 0 Å². The van der Waals surface area contributed by atoms with Crippen molar-refractivity contribution in [2.45, 2.75) is 26.9 Å². The number of amides is 4. The first-order chi connectivity index (χ1) is 14.7. The first kappa shape index (κ1) is 22.8. The average molecular weight is 508 g/mol. The van der Waals surface area contributed by atoms with E-state index in [-0.39, 0.29) is 17.4 Å². The summed E-state index contributed by atoms with van der Waals surface area (Å²) < 4.78 is 12.1. The maximum absolute atomic E-state index is 13.0. The fourth-order valence-electron chi connectivity index (χ4n) is 2.96. The van der Waals surface area contributed by atoms with Crippen LogP contribution in [0.4, 0.5) is 10.5 Å². The molecule has 4 amide bonds. The van der Waals surface area contributed by atoms with Crippen LogP contribution in [0, 0.1) is 0 Å². The maximum atomic E-state index is 13.0. The van der Waals surface area contributed by atoms with Gasteiger partial charge in [0.05, 0.1) is 22.9 Å². The molecule has 1 N–H and O–H groups in total. The van der Waals surface area contributed by atoms with Crippen LogP contribution >= 0.6 is 27.5 Å². The topological polar surface area (TPSA) is 84.9 Å². The van der Waals surface area contributed by atoms with Crippen molar-refractivity contribution in [1.82, 2.24) is 5.32 Å². The van der Waals surface area contributed by atoms with E-state index in [1.807, 2.05) is 20.8 Å². The molecular formula is C22H20BrClN2O5. The van der Waals surface area contributed by atoms with Crippen molar-refractivity contribution >= 4 is 57.1 Å². The lowest BCUT2D eigenvalue weighted by Crippen LogP contribution is -2.54. The Labute approximate surface area is 193 Å². The van der Waals surface area contributed by atoms with E-state index >= 15 is 0 Å². The van der Waals surface area contributed by atoms with Crippen LogP contribution in [0.1, 0.15) is 26.3 Å². The van der Waals surface area contributed by atoms with Crippen molar-refractivity contribution in [3.8, 4) is 11.5 Å². The molecule has 31 heavy (non-hydrogen) atoms. The number of nitrogens with zero attached hydrogens (tertiary/aromatic N) is 1. The number of benzene rings is 2. The second-order valence-corrected chi connectivity index (χ2v) is 8.16. The summed E-state index contributed by atoms with van der Waals surface area (Å²) in [6.07, 6.45) is 1.32. The number of carbonyl (C=O) groups excluding carboxylic acids is 3. The molecule has 0 atom stereocenters. The molecule has 1 aliphatic rings. The maximum Gasteiger partial charge on any atom is 0.335 e. The number of rotatable bonds is 6. The third kappa shape index (κ3) is 5.08. The Morgan fingerprint density at radius 3 is 2.58 bits per heavy atom. The predicted octanol–water partition coefficient (Wildman–Crippen LogP) is 4.95. The Balaban J connectivity index is 2.04. The Morgan fingerprint density at radius 2 is 1.94 bits per heavy atom. The zero-order valence-electron chi connectivity index (χ0n) is 17.1. The molecule has 162 valence electrons. The largest absolute Gasteiger partial charge is 0.490 e.